The first-order valence-corrected chi connectivity index (χ1v) is 3.97. The van der Waals surface area contributed by atoms with Crippen LogP contribution in [0.15, 0.2) is 6.20 Å². The summed E-state index contributed by atoms with van der Waals surface area (Å²) in [6, 6.07) is 0. The molecule has 1 heterocycles. The molecular weight excluding hydrogens is 253 g/mol. The molecule has 0 amide bonds. The van der Waals surface area contributed by atoms with Gasteiger partial charge in [-0.25, -0.2) is 8.78 Å². The van der Waals surface area contributed by atoms with Gasteiger partial charge in [-0.15, -0.1) is 13.2 Å². The second kappa shape index (κ2) is 4.52. The maximum absolute atomic E-state index is 12.3. The van der Waals surface area contributed by atoms with Crippen LogP contribution in [0.5, 0.6) is 11.5 Å². The van der Waals surface area contributed by atoms with E-state index >= 15 is 0 Å². The van der Waals surface area contributed by atoms with E-state index in [1.54, 1.807) is 0 Å². The maximum Gasteiger partial charge on any atom is 0.573 e. The van der Waals surface area contributed by atoms with E-state index in [2.05, 4.69) is 9.72 Å². The van der Waals surface area contributed by atoms with Gasteiger partial charge in [0.25, 0.3) is 6.43 Å². The summed E-state index contributed by atoms with van der Waals surface area (Å²) in [5.74, 6) is -2.55. The minimum Gasteiger partial charge on any atom is -0.503 e. The van der Waals surface area contributed by atoms with E-state index in [9.17, 15) is 26.7 Å². The molecule has 0 bridgehead atoms. The zero-order valence-electron chi connectivity index (χ0n) is 7.83. The average molecular weight is 257 g/mol. The van der Waals surface area contributed by atoms with Gasteiger partial charge in [-0.05, 0) is 0 Å². The van der Waals surface area contributed by atoms with Gasteiger partial charge in [-0.3, -0.25) is 9.78 Å². The molecule has 0 aromatic carbocycles. The van der Waals surface area contributed by atoms with Gasteiger partial charge in [0, 0.05) is 0 Å². The monoisotopic (exact) mass is 257 g/mol. The molecule has 1 aromatic heterocycles. The fourth-order valence-electron chi connectivity index (χ4n) is 1.02. The van der Waals surface area contributed by atoms with Gasteiger partial charge in [0.1, 0.15) is 5.69 Å². The van der Waals surface area contributed by atoms with Crippen LogP contribution in [0.4, 0.5) is 22.0 Å². The highest BCUT2D eigenvalue weighted by atomic mass is 19.4. The summed E-state index contributed by atoms with van der Waals surface area (Å²) in [7, 11) is 0. The molecule has 4 nitrogen and oxygen atoms in total. The van der Waals surface area contributed by atoms with Crippen LogP contribution in [0.2, 0.25) is 0 Å². The van der Waals surface area contributed by atoms with Gasteiger partial charge in [0.2, 0.25) is 0 Å². The maximum atomic E-state index is 12.3. The predicted molar refractivity (Wildman–Crippen MR) is 42.9 cm³/mol. The normalized spacial score (nSPS) is 11.6. The van der Waals surface area contributed by atoms with Crippen LogP contribution in [0.1, 0.15) is 22.5 Å². The molecule has 17 heavy (non-hydrogen) atoms. The van der Waals surface area contributed by atoms with Crippen molar-refractivity contribution in [1.29, 1.82) is 0 Å². The van der Waals surface area contributed by atoms with E-state index in [4.69, 9.17) is 5.11 Å². The third kappa shape index (κ3) is 3.02. The minimum absolute atomic E-state index is 0.296. The summed E-state index contributed by atoms with van der Waals surface area (Å²) in [6.07, 6.45) is -8.45. The van der Waals surface area contributed by atoms with Crippen molar-refractivity contribution in [3.8, 4) is 11.5 Å². The molecule has 0 spiro atoms. The molecule has 1 N–H and O–H groups in total. The lowest BCUT2D eigenvalue weighted by Crippen LogP contribution is -2.19. The van der Waals surface area contributed by atoms with Crippen LogP contribution in [0, 0.1) is 0 Å². The Morgan fingerprint density at radius 2 is 2.00 bits per heavy atom. The second-order valence-electron chi connectivity index (χ2n) is 2.74. The molecule has 0 unspecified atom stereocenters. The Bertz CT molecular complexity index is 432. The van der Waals surface area contributed by atoms with Crippen LogP contribution in [0.25, 0.3) is 0 Å². The Hall–Kier alpha value is -1.93. The fourth-order valence-corrected chi connectivity index (χ4v) is 1.02. The standard InChI is InChI=1S/C8H4F5NO3/c9-7(10)5-3(2-15)6(4(16)1-14-5)17-8(11,12)13/h1-2,7,16H. The first-order valence-electron chi connectivity index (χ1n) is 3.97. The molecule has 1 aromatic rings. The number of aromatic nitrogens is 1. The Labute approximate surface area is 90.6 Å². The molecule has 0 aliphatic rings. The zero-order chi connectivity index (χ0) is 13.2. The first kappa shape index (κ1) is 13.1. The summed E-state index contributed by atoms with van der Waals surface area (Å²) >= 11 is 0. The number of aromatic hydroxyl groups is 1. The Kier molecular flexibility index (Phi) is 3.49. The van der Waals surface area contributed by atoms with E-state index in [1.165, 1.54) is 0 Å². The summed E-state index contributed by atoms with van der Waals surface area (Å²) in [4.78, 5) is 13.4. The van der Waals surface area contributed by atoms with E-state index in [1.807, 2.05) is 0 Å². The summed E-state index contributed by atoms with van der Waals surface area (Å²) < 4.78 is 63.7. The van der Waals surface area contributed by atoms with Crippen molar-refractivity contribution in [3.05, 3.63) is 17.5 Å². The topological polar surface area (TPSA) is 59.4 Å². The molecule has 0 saturated carbocycles. The largest absolute Gasteiger partial charge is 0.573 e. The highest BCUT2D eigenvalue weighted by Crippen LogP contribution is 2.37. The molecule has 9 heteroatoms. The van der Waals surface area contributed by atoms with Gasteiger partial charge in [0.15, 0.2) is 17.8 Å². The fraction of sp³-hybridized carbons (Fsp3) is 0.250. The van der Waals surface area contributed by atoms with Crippen molar-refractivity contribution < 1.29 is 36.6 Å². The van der Waals surface area contributed by atoms with Crippen molar-refractivity contribution in [2.75, 3.05) is 0 Å². The zero-order valence-corrected chi connectivity index (χ0v) is 7.83. The molecule has 0 saturated heterocycles. The van der Waals surface area contributed by atoms with Crippen LogP contribution in [0.3, 0.4) is 0 Å². The lowest BCUT2D eigenvalue weighted by Gasteiger charge is -2.13. The van der Waals surface area contributed by atoms with E-state index < -0.39 is 35.5 Å². The first-order chi connectivity index (χ1) is 7.76. The lowest BCUT2D eigenvalue weighted by atomic mass is 10.2. The Morgan fingerprint density at radius 3 is 2.41 bits per heavy atom. The van der Waals surface area contributed by atoms with Crippen LogP contribution >= 0.6 is 0 Å². The number of rotatable bonds is 3. The number of pyridine rings is 1. The molecule has 0 atom stereocenters. The number of alkyl halides is 5. The van der Waals surface area contributed by atoms with Gasteiger partial charge in [-0.1, -0.05) is 0 Å². The third-order valence-electron chi connectivity index (χ3n) is 1.62. The predicted octanol–water partition coefficient (Wildman–Crippen LogP) is 2.44. The van der Waals surface area contributed by atoms with Crippen LogP contribution < -0.4 is 4.74 Å². The van der Waals surface area contributed by atoms with Gasteiger partial charge >= 0.3 is 6.36 Å². The third-order valence-corrected chi connectivity index (χ3v) is 1.62. The smallest absolute Gasteiger partial charge is 0.503 e. The van der Waals surface area contributed by atoms with Gasteiger partial charge in [-0.2, -0.15) is 0 Å². The van der Waals surface area contributed by atoms with Crippen LogP contribution in [-0.4, -0.2) is 22.7 Å². The molecule has 0 fully saturated rings. The molecule has 0 aliphatic heterocycles. The summed E-state index contributed by atoms with van der Waals surface area (Å²) in [5.41, 5.74) is -2.34. The highest BCUT2D eigenvalue weighted by molar-refractivity contribution is 5.82. The van der Waals surface area contributed by atoms with Crippen molar-refractivity contribution in [2.24, 2.45) is 0 Å². The molecule has 0 radical (unpaired) electrons. The Morgan fingerprint density at radius 1 is 1.41 bits per heavy atom. The Balaban J connectivity index is 3.36. The quantitative estimate of drug-likeness (QED) is 0.667. The molecular formula is C8H4F5NO3. The van der Waals surface area contributed by atoms with Crippen molar-refractivity contribution in [1.82, 2.24) is 4.98 Å². The molecule has 94 valence electrons. The lowest BCUT2D eigenvalue weighted by molar-refractivity contribution is -0.275. The van der Waals surface area contributed by atoms with E-state index in [0.717, 1.165) is 0 Å². The van der Waals surface area contributed by atoms with Crippen LogP contribution in [-0.2, 0) is 0 Å². The minimum atomic E-state index is -5.23. The van der Waals surface area contributed by atoms with Crippen molar-refractivity contribution >= 4 is 6.29 Å². The summed E-state index contributed by atoms with van der Waals surface area (Å²) in [6.45, 7) is 0. The number of hydrogen-bond donors (Lipinski definition) is 1. The van der Waals surface area contributed by atoms with Crippen molar-refractivity contribution in [3.63, 3.8) is 0 Å². The van der Waals surface area contributed by atoms with E-state index in [0.29, 0.717) is 6.20 Å². The van der Waals surface area contributed by atoms with Crippen molar-refractivity contribution in [2.45, 2.75) is 12.8 Å². The summed E-state index contributed by atoms with van der Waals surface area (Å²) in [5, 5.41) is 9.00. The average Bonchev–Trinajstić information content (AvgIpc) is 2.18. The second-order valence-corrected chi connectivity index (χ2v) is 2.74. The number of aldehydes is 1. The van der Waals surface area contributed by atoms with Gasteiger partial charge < -0.3 is 9.84 Å². The number of hydrogen-bond acceptors (Lipinski definition) is 4. The van der Waals surface area contributed by atoms with E-state index in [-0.39, 0.29) is 6.29 Å². The number of carbonyl (C=O) groups is 1. The number of carbonyl (C=O) groups excluding carboxylic acids is 1. The molecule has 0 aliphatic carbocycles. The van der Waals surface area contributed by atoms with Gasteiger partial charge in [0.05, 0.1) is 11.8 Å². The SMILES string of the molecule is O=Cc1c(C(F)F)ncc(O)c1OC(F)(F)F. The molecule has 1 rings (SSSR count). The number of nitrogens with zero attached hydrogens (tertiary/aromatic N) is 1. The number of ether oxygens (including phenoxy) is 1. The highest BCUT2D eigenvalue weighted by Gasteiger charge is 2.35. The number of halogens is 5.